The van der Waals surface area contributed by atoms with Crippen LogP contribution in [0, 0.1) is 5.82 Å². The standard InChI is InChI=1S/C22H23FN6O2/c1-28-14-15(12-26-28)22-13-25-20-3-2-17(11-21(20)27-22)29(5-4-24)18-8-16(23)9-19(10-18)31-7-6-30/h2-3,8-14,30H,4-7,24H2,1H3. The van der Waals surface area contributed by atoms with Gasteiger partial charge >= 0.3 is 0 Å². The summed E-state index contributed by atoms with van der Waals surface area (Å²) < 4.78 is 21.3. The maximum absolute atomic E-state index is 14.2. The van der Waals surface area contributed by atoms with E-state index in [2.05, 4.69) is 10.1 Å². The smallest absolute Gasteiger partial charge is 0.128 e. The second-order valence-electron chi connectivity index (χ2n) is 6.99. The number of aliphatic hydroxyl groups excluding tert-OH is 1. The van der Waals surface area contributed by atoms with E-state index in [9.17, 15) is 4.39 Å². The average molecular weight is 422 g/mol. The number of rotatable bonds is 8. The van der Waals surface area contributed by atoms with E-state index in [1.54, 1.807) is 23.1 Å². The molecule has 0 aliphatic heterocycles. The molecule has 3 N–H and O–H groups in total. The number of ether oxygens (including phenoxy) is 1. The summed E-state index contributed by atoms with van der Waals surface area (Å²) in [5.41, 5.74) is 10.3. The average Bonchev–Trinajstić information content (AvgIpc) is 3.21. The number of nitrogens with zero attached hydrogens (tertiary/aromatic N) is 5. The highest BCUT2D eigenvalue weighted by atomic mass is 19.1. The molecule has 0 bridgehead atoms. The summed E-state index contributed by atoms with van der Waals surface area (Å²) >= 11 is 0. The van der Waals surface area contributed by atoms with Crippen LogP contribution in [0.25, 0.3) is 22.3 Å². The Morgan fingerprint density at radius 1 is 1.13 bits per heavy atom. The zero-order valence-electron chi connectivity index (χ0n) is 17.1. The molecule has 9 heteroatoms. The van der Waals surface area contributed by atoms with Crippen molar-refractivity contribution in [1.82, 2.24) is 19.7 Å². The molecule has 2 aromatic carbocycles. The third-order valence-electron chi connectivity index (χ3n) is 4.72. The maximum atomic E-state index is 14.2. The fourth-order valence-electron chi connectivity index (χ4n) is 3.35. The van der Waals surface area contributed by atoms with Gasteiger partial charge in [0.15, 0.2) is 0 Å². The van der Waals surface area contributed by atoms with Crippen molar-refractivity contribution in [2.75, 3.05) is 31.2 Å². The van der Waals surface area contributed by atoms with Crippen LogP contribution >= 0.6 is 0 Å². The summed E-state index contributed by atoms with van der Waals surface area (Å²) in [6.45, 7) is 0.760. The van der Waals surface area contributed by atoms with E-state index in [4.69, 9.17) is 20.6 Å². The van der Waals surface area contributed by atoms with Crippen molar-refractivity contribution in [3.05, 3.63) is 60.8 Å². The number of benzene rings is 2. The van der Waals surface area contributed by atoms with Gasteiger partial charge < -0.3 is 20.5 Å². The first-order valence-corrected chi connectivity index (χ1v) is 9.85. The summed E-state index contributed by atoms with van der Waals surface area (Å²) in [4.78, 5) is 11.1. The molecule has 4 aromatic rings. The van der Waals surface area contributed by atoms with Gasteiger partial charge in [-0.1, -0.05) is 0 Å². The van der Waals surface area contributed by atoms with Gasteiger partial charge in [0.25, 0.3) is 0 Å². The number of anilines is 2. The minimum absolute atomic E-state index is 0.0858. The van der Waals surface area contributed by atoms with Crippen LogP contribution in [0.1, 0.15) is 0 Å². The first kappa shape index (κ1) is 20.7. The second kappa shape index (κ2) is 9.07. The van der Waals surface area contributed by atoms with E-state index in [1.807, 2.05) is 36.3 Å². The zero-order valence-corrected chi connectivity index (χ0v) is 17.1. The molecule has 0 spiro atoms. The summed E-state index contributed by atoms with van der Waals surface area (Å²) in [5.74, 6) is -0.0996. The largest absolute Gasteiger partial charge is 0.491 e. The van der Waals surface area contributed by atoms with Crippen molar-refractivity contribution in [3.8, 4) is 17.0 Å². The van der Waals surface area contributed by atoms with Crippen LogP contribution < -0.4 is 15.4 Å². The predicted octanol–water partition coefficient (Wildman–Crippen LogP) is 2.64. The monoisotopic (exact) mass is 422 g/mol. The fraction of sp³-hybridized carbons (Fsp3) is 0.227. The van der Waals surface area contributed by atoms with Crippen molar-refractivity contribution in [3.63, 3.8) is 0 Å². The van der Waals surface area contributed by atoms with Gasteiger partial charge in [0, 0.05) is 55.4 Å². The lowest BCUT2D eigenvalue weighted by Crippen LogP contribution is -2.25. The van der Waals surface area contributed by atoms with Crippen molar-refractivity contribution < 1.29 is 14.2 Å². The number of aryl methyl sites for hydroxylation is 1. The van der Waals surface area contributed by atoms with Crippen LogP contribution in [0.5, 0.6) is 5.75 Å². The van der Waals surface area contributed by atoms with Crippen molar-refractivity contribution >= 4 is 22.4 Å². The van der Waals surface area contributed by atoms with E-state index in [0.717, 1.165) is 16.8 Å². The molecule has 0 saturated heterocycles. The Kier molecular flexibility index (Phi) is 6.06. The lowest BCUT2D eigenvalue weighted by molar-refractivity contribution is 0.201. The zero-order chi connectivity index (χ0) is 21.8. The summed E-state index contributed by atoms with van der Waals surface area (Å²) in [5, 5.41) is 13.2. The predicted molar refractivity (Wildman–Crippen MR) is 117 cm³/mol. The molecule has 4 rings (SSSR count). The van der Waals surface area contributed by atoms with Crippen molar-refractivity contribution in [2.24, 2.45) is 12.8 Å². The van der Waals surface area contributed by atoms with Crippen molar-refractivity contribution in [1.29, 1.82) is 0 Å². The molecular formula is C22H23FN6O2. The fourth-order valence-corrected chi connectivity index (χ4v) is 3.35. The molecule has 0 radical (unpaired) electrons. The molecule has 0 amide bonds. The van der Waals surface area contributed by atoms with E-state index < -0.39 is 5.82 Å². The highest BCUT2D eigenvalue weighted by molar-refractivity contribution is 5.82. The number of nitrogens with two attached hydrogens (primary N) is 1. The van der Waals surface area contributed by atoms with E-state index in [0.29, 0.717) is 35.7 Å². The number of aliphatic hydroxyl groups is 1. The first-order chi connectivity index (χ1) is 15.1. The molecule has 2 aromatic heterocycles. The number of aromatic nitrogens is 4. The molecule has 31 heavy (non-hydrogen) atoms. The van der Waals surface area contributed by atoms with E-state index >= 15 is 0 Å². The quantitative estimate of drug-likeness (QED) is 0.450. The minimum atomic E-state index is -0.438. The van der Waals surface area contributed by atoms with Gasteiger partial charge in [0.2, 0.25) is 0 Å². The SMILES string of the molecule is Cn1cc(-c2cnc3ccc(N(CCN)c4cc(F)cc(OCCO)c4)cc3n2)cn1. The van der Waals surface area contributed by atoms with E-state index in [1.165, 1.54) is 12.1 Å². The normalized spacial score (nSPS) is 11.1. The number of hydrogen-bond acceptors (Lipinski definition) is 7. The molecule has 0 aliphatic carbocycles. The molecular weight excluding hydrogens is 399 g/mol. The van der Waals surface area contributed by atoms with Crippen LogP contribution in [-0.4, -0.2) is 51.2 Å². The van der Waals surface area contributed by atoms with Gasteiger partial charge in [0.1, 0.15) is 18.2 Å². The van der Waals surface area contributed by atoms with Crippen LogP contribution in [0.4, 0.5) is 15.8 Å². The lowest BCUT2D eigenvalue weighted by Gasteiger charge is -2.25. The highest BCUT2D eigenvalue weighted by Gasteiger charge is 2.14. The molecule has 0 fully saturated rings. The molecule has 0 aliphatic rings. The van der Waals surface area contributed by atoms with Gasteiger partial charge in [-0.2, -0.15) is 5.10 Å². The summed E-state index contributed by atoms with van der Waals surface area (Å²) in [6, 6.07) is 10.1. The third kappa shape index (κ3) is 4.62. The lowest BCUT2D eigenvalue weighted by atomic mass is 10.2. The molecule has 160 valence electrons. The molecule has 0 saturated carbocycles. The molecule has 8 nitrogen and oxygen atoms in total. The number of hydrogen-bond donors (Lipinski definition) is 2. The Labute approximate surface area is 178 Å². The Morgan fingerprint density at radius 3 is 2.74 bits per heavy atom. The second-order valence-corrected chi connectivity index (χ2v) is 6.99. The van der Waals surface area contributed by atoms with Crippen molar-refractivity contribution in [2.45, 2.75) is 0 Å². The van der Waals surface area contributed by atoms with E-state index in [-0.39, 0.29) is 13.2 Å². The van der Waals surface area contributed by atoms with Gasteiger partial charge in [0.05, 0.1) is 35.7 Å². The number of fused-ring (bicyclic) bond motifs is 1. The Balaban J connectivity index is 1.74. The van der Waals surface area contributed by atoms with Gasteiger partial charge in [-0.05, 0) is 24.3 Å². The topological polar surface area (TPSA) is 102 Å². The van der Waals surface area contributed by atoms with Crippen LogP contribution in [0.2, 0.25) is 0 Å². The molecule has 0 atom stereocenters. The summed E-state index contributed by atoms with van der Waals surface area (Å²) in [6.07, 6.45) is 5.33. The third-order valence-corrected chi connectivity index (χ3v) is 4.72. The van der Waals surface area contributed by atoms with Gasteiger partial charge in [-0.15, -0.1) is 0 Å². The molecule has 2 heterocycles. The van der Waals surface area contributed by atoms with Crippen LogP contribution in [-0.2, 0) is 7.05 Å². The Bertz CT molecular complexity index is 1200. The van der Waals surface area contributed by atoms with Gasteiger partial charge in [-0.3, -0.25) is 9.67 Å². The van der Waals surface area contributed by atoms with Crippen LogP contribution in [0.3, 0.4) is 0 Å². The summed E-state index contributed by atoms with van der Waals surface area (Å²) in [7, 11) is 1.85. The molecule has 0 unspecified atom stereocenters. The Morgan fingerprint density at radius 2 is 2.00 bits per heavy atom. The van der Waals surface area contributed by atoms with Gasteiger partial charge in [-0.25, -0.2) is 9.37 Å². The Hall–Kier alpha value is -3.56. The minimum Gasteiger partial charge on any atom is -0.491 e. The first-order valence-electron chi connectivity index (χ1n) is 9.85. The highest BCUT2D eigenvalue weighted by Crippen LogP contribution is 2.31. The van der Waals surface area contributed by atoms with Crippen LogP contribution in [0.15, 0.2) is 55.0 Å². The number of halogens is 1. The maximum Gasteiger partial charge on any atom is 0.128 e.